The molecule has 4 nitrogen and oxygen atoms in total. The summed E-state index contributed by atoms with van der Waals surface area (Å²) in [5.74, 6) is 0.871. The predicted octanol–water partition coefficient (Wildman–Crippen LogP) is 2.30. The third-order valence-electron chi connectivity index (χ3n) is 3.30. The number of rotatable bonds is 10. The number of aliphatic hydroxyl groups is 1. The summed E-state index contributed by atoms with van der Waals surface area (Å²) < 4.78 is 10.4. The van der Waals surface area contributed by atoms with E-state index in [4.69, 9.17) is 9.47 Å². The van der Waals surface area contributed by atoms with E-state index in [1.54, 1.807) is 14.2 Å². The summed E-state index contributed by atoms with van der Waals surface area (Å²) in [6.07, 6.45) is 1.47. The van der Waals surface area contributed by atoms with E-state index in [9.17, 15) is 5.11 Å². The number of ether oxygens (including phenoxy) is 2. The van der Waals surface area contributed by atoms with Crippen LogP contribution in [-0.2, 0) is 11.3 Å². The maximum Gasteiger partial charge on any atom is 0.119 e. The summed E-state index contributed by atoms with van der Waals surface area (Å²) in [4.78, 5) is 2.27. The van der Waals surface area contributed by atoms with Crippen LogP contribution in [0.3, 0.4) is 0 Å². The molecule has 20 heavy (non-hydrogen) atoms. The Hall–Kier alpha value is -1.10. The quantitative estimate of drug-likeness (QED) is 0.668. The molecule has 0 heterocycles. The van der Waals surface area contributed by atoms with Crippen LogP contribution in [0.1, 0.15) is 25.3 Å². The highest BCUT2D eigenvalue weighted by molar-refractivity contribution is 5.28. The number of hydrogen-bond donors (Lipinski definition) is 1. The van der Waals surface area contributed by atoms with Gasteiger partial charge in [0.05, 0.1) is 13.2 Å². The Morgan fingerprint density at radius 2 is 2.10 bits per heavy atom. The first-order valence-corrected chi connectivity index (χ1v) is 7.21. The van der Waals surface area contributed by atoms with Crippen molar-refractivity contribution >= 4 is 0 Å². The summed E-state index contributed by atoms with van der Waals surface area (Å²) in [5.41, 5.74) is 1.20. The lowest BCUT2D eigenvalue weighted by Crippen LogP contribution is -2.33. The van der Waals surface area contributed by atoms with Gasteiger partial charge in [0.2, 0.25) is 0 Å². The van der Waals surface area contributed by atoms with Crippen LogP contribution in [0.5, 0.6) is 5.75 Å². The van der Waals surface area contributed by atoms with Crippen LogP contribution < -0.4 is 4.74 Å². The lowest BCUT2D eigenvalue weighted by Gasteiger charge is -2.24. The Balaban J connectivity index is 2.61. The molecule has 0 unspecified atom stereocenters. The Kier molecular flexibility index (Phi) is 8.26. The molecular formula is C16H27NO3. The zero-order valence-corrected chi connectivity index (χ0v) is 12.8. The summed E-state index contributed by atoms with van der Waals surface area (Å²) in [7, 11) is 3.39. The van der Waals surface area contributed by atoms with Crippen LogP contribution in [0.15, 0.2) is 24.3 Å². The van der Waals surface area contributed by atoms with Crippen molar-refractivity contribution < 1.29 is 14.6 Å². The van der Waals surface area contributed by atoms with Gasteiger partial charge in [-0.15, -0.1) is 0 Å². The van der Waals surface area contributed by atoms with E-state index in [1.165, 1.54) is 5.56 Å². The van der Waals surface area contributed by atoms with Crippen molar-refractivity contribution in [1.82, 2.24) is 4.90 Å². The molecule has 0 saturated carbocycles. The zero-order valence-electron chi connectivity index (χ0n) is 12.8. The fourth-order valence-corrected chi connectivity index (χ4v) is 2.12. The van der Waals surface area contributed by atoms with Gasteiger partial charge in [-0.2, -0.15) is 0 Å². The van der Waals surface area contributed by atoms with E-state index >= 15 is 0 Å². The molecule has 1 aromatic carbocycles. The maximum absolute atomic E-state index is 9.87. The first-order valence-electron chi connectivity index (χ1n) is 7.21. The topological polar surface area (TPSA) is 41.9 Å². The lowest BCUT2D eigenvalue weighted by molar-refractivity contribution is 0.0967. The van der Waals surface area contributed by atoms with Crippen LogP contribution in [0.25, 0.3) is 0 Å². The first-order chi connectivity index (χ1) is 9.69. The van der Waals surface area contributed by atoms with Gasteiger partial charge in [0.1, 0.15) is 5.75 Å². The Bertz CT molecular complexity index is 370. The first kappa shape index (κ1) is 17.0. The average Bonchev–Trinajstić information content (AvgIpc) is 2.47. The van der Waals surface area contributed by atoms with Crippen LogP contribution in [0.2, 0.25) is 0 Å². The number of nitrogens with zero attached hydrogens (tertiary/aromatic N) is 1. The molecule has 0 saturated heterocycles. The van der Waals surface area contributed by atoms with Gasteiger partial charge in [-0.25, -0.2) is 0 Å². The molecule has 0 fully saturated rings. The van der Waals surface area contributed by atoms with E-state index in [0.717, 1.165) is 38.3 Å². The molecule has 1 aromatic rings. The van der Waals surface area contributed by atoms with Crippen LogP contribution in [-0.4, -0.2) is 50.0 Å². The molecule has 0 bridgehead atoms. The molecule has 0 amide bonds. The number of benzene rings is 1. The Morgan fingerprint density at radius 3 is 2.75 bits per heavy atom. The highest BCUT2D eigenvalue weighted by atomic mass is 16.5. The van der Waals surface area contributed by atoms with Gasteiger partial charge in [0.15, 0.2) is 0 Å². The van der Waals surface area contributed by atoms with E-state index in [0.29, 0.717) is 6.54 Å². The minimum absolute atomic E-state index is 0.275. The number of aliphatic hydroxyl groups excluding tert-OH is 1. The summed E-state index contributed by atoms with van der Waals surface area (Å²) in [6, 6.07) is 8.07. The third-order valence-corrected chi connectivity index (χ3v) is 3.30. The molecule has 1 atom stereocenters. The second kappa shape index (κ2) is 9.75. The second-order valence-electron chi connectivity index (χ2n) is 5.00. The highest BCUT2D eigenvalue weighted by Gasteiger charge is 2.11. The van der Waals surface area contributed by atoms with Crippen molar-refractivity contribution in [3.8, 4) is 5.75 Å². The maximum atomic E-state index is 9.87. The van der Waals surface area contributed by atoms with Crippen molar-refractivity contribution in [2.45, 2.75) is 32.4 Å². The van der Waals surface area contributed by atoms with Gasteiger partial charge in [0, 0.05) is 33.4 Å². The van der Waals surface area contributed by atoms with E-state index < -0.39 is 0 Å². The predicted molar refractivity (Wildman–Crippen MR) is 81.1 cm³/mol. The molecule has 0 aliphatic rings. The molecule has 0 aliphatic heterocycles. The van der Waals surface area contributed by atoms with Gasteiger partial charge in [-0.1, -0.05) is 19.1 Å². The zero-order chi connectivity index (χ0) is 14.8. The molecule has 1 N–H and O–H groups in total. The van der Waals surface area contributed by atoms with Gasteiger partial charge in [-0.3, -0.25) is 4.90 Å². The van der Waals surface area contributed by atoms with E-state index in [1.807, 2.05) is 25.1 Å². The largest absolute Gasteiger partial charge is 0.497 e. The highest BCUT2D eigenvalue weighted by Crippen LogP contribution is 2.15. The Morgan fingerprint density at radius 1 is 1.30 bits per heavy atom. The monoisotopic (exact) mass is 281 g/mol. The third kappa shape index (κ3) is 6.37. The van der Waals surface area contributed by atoms with E-state index in [-0.39, 0.29) is 6.10 Å². The smallest absolute Gasteiger partial charge is 0.119 e. The lowest BCUT2D eigenvalue weighted by atomic mass is 10.1. The SMILES string of the molecule is CC[C@H](O)CN(CCCOC)Cc1cccc(OC)c1. The molecule has 0 spiro atoms. The van der Waals surface area contributed by atoms with Crippen LogP contribution in [0.4, 0.5) is 0 Å². The van der Waals surface area contributed by atoms with Crippen molar-refractivity contribution in [1.29, 1.82) is 0 Å². The van der Waals surface area contributed by atoms with Gasteiger partial charge in [0.25, 0.3) is 0 Å². The van der Waals surface area contributed by atoms with Crippen molar-refractivity contribution in [2.75, 3.05) is 33.9 Å². The molecular weight excluding hydrogens is 254 g/mol. The van der Waals surface area contributed by atoms with Crippen LogP contribution >= 0.6 is 0 Å². The van der Waals surface area contributed by atoms with Gasteiger partial charge in [-0.05, 0) is 30.5 Å². The number of hydrogen-bond acceptors (Lipinski definition) is 4. The molecule has 0 aromatic heterocycles. The fraction of sp³-hybridized carbons (Fsp3) is 0.625. The molecule has 114 valence electrons. The molecule has 0 aliphatic carbocycles. The standard InChI is InChI=1S/C16H27NO3/c1-4-15(18)13-17(9-6-10-19-2)12-14-7-5-8-16(11-14)20-3/h5,7-8,11,15,18H,4,6,9-10,12-13H2,1-3H3/t15-/m0/s1. The summed E-state index contributed by atoms with van der Waals surface area (Å²) in [6.45, 7) is 5.18. The van der Waals surface area contributed by atoms with Crippen molar-refractivity contribution in [2.24, 2.45) is 0 Å². The number of methoxy groups -OCH3 is 2. The van der Waals surface area contributed by atoms with Gasteiger partial charge < -0.3 is 14.6 Å². The van der Waals surface area contributed by atoms with Crippen molar-refractivity contribution in [3.63, 3.8) is 0 Å². The minimum Gasteiger partial charge on any atom is -0.497 e. The average molecular weight is 281 g/mol. The minimum atomic E-state index is -0.275. The molecule has 0 radical (unpaired) electrons. The second-order valence-corrected chi connectivity index (χ2v) is 5.00. The van der Waals surface area contributed by atoms with Crippen LogP contribution in [0, 0.1) is 0 Å². The van der Waals surface area contributed by atoms with E-state index in [2.05, 4.69) is 11.0 Å². The molecule has 4 heteroatoms. The van der Waals surface area contributed by atoms with Crippen molar-refractivity contribution in [3.05, 3.63) is 29.8 Å². The van der Waals surface area contributed by atoms with Gasteiger partial charge >= 0.3 is 0 Å². The summed E-state index contributed by atoms with van der Waals surface area (Å²) >= 11 is 0. The molecule has 1 rings (SSSR count). The Labute approximate surface area is 122 Å². The summed E-state index contributed by atoms with van der Waals surface area (Å²) in [5, 5.41) is 9.87. The normalized spacial score (nSPS) is 12.7. The fourth-order valence-electron chi connectivity index (χ4n) is 2.12.